The van der Waals surface area contributed by atoms with Gasteiger partial charge >= 0.3 is 0 Å². The molecule has 0 atom stereocenters. The molecular formula is C21H20Cl2N4O3S. The van der Waals surface area contributed by atoms with Gasteiger partial charge in [-0.3, -0.25) is 9.59 Å². The Morgan fingerprint density at radius 1 is 1.06 bits per heavy atom. The number of amides is 1. The fraction of sp³-hybridized carbons (Fsp3) is 0.238. The summed E-state index contributed by atoms with van der Waals surface area (Å²) < 4.78 is 6.97. The van der Waals surface area contributed by atoms with Crippen LogP contribution in [-0.2, 0) is 13.1 Å². The minimum Gasteiger partial charge on any atom is -0.497 e. The molecule has 0 aliphatic carbocycles. The molecule has 0 aliphatic rings. The van der Waals surface area contributed by atoms with Gasteiger partial charge in [-0.25, -0.2) is 0 Å². The average molecular weight is 479 g/mol. The van der Waals surface area contributed by atoms with E-state index in [0.717, 1.165) is 0 Å². The molecule has 0 unspecified atom stereocenters. The molecule has 0 saturated carbocycles. The number of benzene rings is 2. The lowest BCUT2D eigenvalue weighted by molar-refractivity contribution is 0.0948. The third kappa shape index (κ3) is 5.78. The van der Waals surface area contributed by atoms with E-state index in [4.69, 9.17) is 27.9 Å². The second kappa shape index (κ2) is 10.7. The Morgan fingerprint density at radius 2 is 1.77 bits per heavy atom. The molecule has 1 heterocycles. The van der Waals surface area contributed by atoms with Crippen molar-refractivity contribution in [2.45, 2.75) is 25.2 Å². The van der Waals surface area contributed by atoms with Crippen LogP contribution in [0.4, 0.5) is 0 Å². The first kappa shape index (κ1) is 23.1. The van der Waals surface area contributed by atoms with Crippen LogP contribution in [0.1, 0.15) is 33.5 Å². The predicted molar refractivity (Wildman–Crippen MR) is 121 cm³/mol. The number of carbonyl (C=O) groups is 2. The first-order chi connectivity index (χ1) is 14.9. The Bertz CT molecular complexity index is 1090. The molecule has 1 amide bonds. The van der Waals surface area contributed by atoms with Gasteiger partial charge in [-0.1, -0.05) is 35.0 Å². The zero-order chi connectivity index (χ0) is 22.4. The van der Waals surface area contributed by atoms with Crippen molar-refractivity contribution in [3.63, 3.8) is 0 Å². The number of halogens is 2. The minimum absolute atomic E-state index is 0.0206. The summed E-state index contributed by atoms with van der Waals surface area (Å²) in [6.45, 7) is 2.74. The van der Waals surface area contributed by atoms with E-state index in [1.54, 1.807) is 43.5 Å². The maximum Gasteiger partial charge on any atom is 0.251 e. The zero-order valence-corrected chi connectivity index (χ0v) is 19.2. The van der Waals surface area contributed by atoms with Gasteiger partial charge in [-0.2, -0.15) is 0 Å². The molecule has 3 rings (SSSR count). The van der Waals surface area contributed by atoms with Crippen molar-refractivity contribution in [3.05, 3.63) is 69.5 Å². The lowest BCUT2D eigenvalue weighted by Crippen LogP contribution is -2.24. The monoisotopic (exact) mass is 478 g/mol. The third-order valence-corrected chi connectivity index (χ3v) is 6.15. The van der Waals surface area contributed by atoms with Crippen LogP contribution in [0.25, 0.3) is 0 Å². The number of Topliss-reactive ketones (excluding diaryl/α,β-unsaturated/α-hetero) is 1. The number of ether oxygens (including phenoxy) is 1. The van der Waals surface area contributed by atoms with Crippen molar-refractivity contribution in [2.24, 2.45) is 0 Å². The highest BCUT2D eigenvalue weighted by Crippen LogP contribution is 2.23. The van der Waals surface area contributed by atoms with Gasteiger partial charge in [0.1, 0.15) is 5.75 Å². The van der Waals surface area contributed by atoms with E-state index in [2.05, 4.69) is 15.5 Å². The molecule has 0 fully saturated rings. The van der Waals surface area contributed by atoms with E-state index in [0.29, 0.717) is 44.4 Å². The molecule has 162 valence electrons. The zero-order valence-electron chi connectivity index (χ0n) is 16.9. The van der Waals surface area contributed by atoms with Crippen LogP contribution in [0, 0.1) is 0 Å². The highest BCUT2D eigenvalue weighted by atomic mass is 35.5. The number of hydrogen-bond donors (Lipinski definition) is 1. The standard InChI is InChI=1S/C21H20Cl2N4O3S/c1-3-27-19(11-24-20(29)14-6-9-16(22)17(23)10-14)25-26-21(27)31-12-18(28)13-4-7-15(30-2)8-5-13/h4-10H,3,11-12H2,1-2H3,(H,24,29). The van der Waals surface area contributed by atoms with Crippen molar-refractivity contribution in [1.29, 1.82) is 0 Å². The summed E-state index contributed by atoms with van der Waals surface area (Å²) in [5.41, 5.74) is 1.00. The van der Waals surface area contributed by atoms with E-state index >= 15 is 0 Å². The van der Waals surface area contributed by atoms with E-state index < -0.39 is 0 Å². The molecule has 10 heteroatoms. The number of nitrogens with one attached hydrogen (secondary N) is 1. The number of carbonyl (C=O) groups excluding carboxylic acids is 2. The predicted octanol–water partition coefficient (Wildman–Crippen LogP) is 4.52. The molecule has 0 aliphatic heterocycles. The van der Waals surface area contributed by atoms with Gasteiger partial charge in [0.25, 0.3) is 5.91 Å². The van der Waals surface area contributed by atoms with Gasteiger partial charge in [-0.05, 0) is 49.4 Å². The van der Waals surface area contributed by atoms with Crippen molar-refractivity contribution < 1.29 is 14.3 Å². The largest absolute Gasteiger partial charge is 0.497 e. The Morgan fingerprint density at radius 3 is 2.42 bits per heavy atom. The highest BCUT2D eigenvalue weighted by Gasteiger charge is 2.15. The average Bonchev–Trinajstić information content (AvgIpc) is 3.19. The summed E-state index contributed by atoms with van der Waals surface area (Å²) in [5, 5.41) is 12.4. The van der Waals surface area contributed by atoms with Gasteiger partial charge in [0.2, 0.25) is 0 Å². The van der Waals surface area contributed by atoms with Crippen LogP contribution in [0.15, 0.2) is 47.6 Å². The minimum atomic E-state index is -0.298. The van der Waals surface area contributed by atoms with Gasteiger partial charge in [0.15, 0.2) is 16.8 Å². The number of thioether (sulfide) groups is 1. The molecule has 31 heavy (non-hydrogen) atoms. The third-order valence-electron chi connectivity index (χ3n) is 4.44. The molecule has 2 aromatic carbocycles. The first-order valence-corrected chi connectivity index (χ1v) is 11.1. The molecule has 3 aromatic rings. The van der Waals surface area contributed by atoms with Gasteiger partial charge in [0, 0.05) is 17.7 Å². The molecule has 7 nitrogen and oxygen atoms in total. The lowest BCUT2D eigenvalue weighted by Gasteiger charge is -2.09. The van der Waals surface area contributed by atoms with Crippen LogP contribution in [0.2, 0.25) is 10.0 Å². The number of nitrogens with zero attached hydrogens (tertiary/aromatic N) is 3. The van der Waals surface area contributed by atoms with Gasteiger partial charge in [0.05, 0.1) is 29.5 Å². The lowest BCUT2D eigenvalue weighted by atomic mass is 10.1. The summed E-state index contributed by atoms with van der Waals surface area (Å²) in [7, 11) is 1.58. The van der Waals surface area contributed by atoms with Gasteiger partial charge < -0.3 is 14.6 Å². The maximum atomic E-state index is 12.5. The summed E-state index contributed by atoms with van der Waals surface area (Å²) in [5.74, 6) is 1.19. The second-order valence-electron chi connectivity index (χ2n) is 6.39. The van der Waals surface area contributed by atoms with Crippen molar-refractivity contribution in [1.82, 2.24) is 20.1 Å². The highest BCUT2D eigenvalue weighted by molar-refractivity contribution is 7.99. The van der Waals surface area contributed by atoms with Crippen molar-refractivity contribution >= 4 is 46.7 Å². The summed E-state index contributed by atoms with van der Waals surface area (Å²) in [6, 6.07) is 11.6. The first-order valence-electron chi connectivity index (χ1n) is 9.38. The summed E-state index contributed by atoms with van der Waals surface area (Å²) in [6.07, 6.45) is 0. The molecule has 0 saturated heterocycles. The van der Waals surface area contributed by atoms with E-state index in [1.807, 2.05) is 11.5 Å². The summed E-state index contributed by atoms with van der Waals surface area (Å²) >= 11 is 13.2. The van der Waals surface area contributed by atoms with E-state index in [9.17, 15) is 9.59 Å². The topological polar surface area (TPSA) is 86.1 Å². The number of rotatable bonds is 9. The smallest absolute Gasteiger partial charge is 0.251 e. The fourth-order valence-electron chi connectivity index (χ4n) is 2.76. The molecular weight excluding hydrogens is 459 g/mol. The number of aromatic nitrogens is 3. The normalized spacial score (nSPS) is 10.7. The fourth-order valence-corrected chi connectivity index (χ4v) is 3.98. The summed E-state index contributed by atoms with van der Waals surface area (Å²) in [4.78, 5) is 24.8. The van der Waals surface area contributed by atoms with Crippen LogP contribution in [0.5, 0.6) is 5.75 Å². The van der Waals surface area contributed by atoms with Crippen LogP contribution >= 0.6 is 35.0 Å². The quantitative estimate of drug-likeness (QED) is 0.359. The number of ketones is 1. The molecule has 0 radical (unpaired) electrons. The molecule has 1 N–H and O–H groups in total. The maximum absolute atomic E-state index is 12.5. The number of hydrogen-bond acceptors (Lipinski definition) is 6. The van der Waals surface area contributed by atoms with Crippen molar-refractivity contribution in [3.8, 4) is 5.75 Å². The van der Waals surface area contributed by atoms with Crippen LogP contribution < -0.4 is 10.1 Å². The Labute approximate surface area is 194 Å². The Hall–Kier alpha value is -2.55. The van der Waals surface area contributed by atoms with Crippen molar-refractivity contribution in [2.75, 3.05) is 12.9 Å². The number of methoxy groups -OCH3 is 1. The molecule has 0 bridgehead atoms. The second-order valence-corrected chi connectivity index (χ2v) is 8.15. The van der Waals surface area contributed by atoms with E-state index in [-0.39, 0.29) is 24.0 Å². The van der Waals surface area contributed by atoms with Crippen LogP contribution in [-0.4, -0.2) is 39.3 Å². The van der Waals surface area contributed by atoms with Crippen LogP contribution in [0.3, 0.4) is 0 Å². The van der Waals surface area contributed by atoms with Gasteiger partial charge in [-0.15, -0.1) is 10.2 Å². The molecule has 1 aromatic heterocycles. The molecule has 0 spiro atoms. The van der Waals surface area contributed by atoms with E-state index in [1.165, 1.54) is 17.8 Å². The Kier molecular flexibility index (Phi) is 7.95. The SMILES string of the molecule is CCn1c(CNC(=O)c2ccc(Cl)c(Cl)c2)nnc1SCC(=O)c1ccc(OC)cc1. The Balaban J connectivity index is 1.61.